The van der Waals surface area contributed by atoms with Crippen LogP contribution in [0.15, 0.2) is 55.0 Å². The van der Waals surface area contributed by atoms with Crippen LogP contribution >= 0.6 is 0 Å². The smallest absolute Gasteiger partial charge is 0.124 e. The van der Waals surface area contributed by atoms with Crippen molar-refractivity contribution in [3.05, 3.63) is 55.0 Å². The summed E-state index contributed by atoms with van der Waals surface area (Å²) < 4.78 is 13.1. The molecule has 8 heteroatoms. The first-order chi connectivity index (χ1) is 16.8. The van der Waals surface area contributed by atoms with Gasteiger partial charge in [0.15, 0.2) is 0 Å². The first kappa shape index (κ1) is 23.4. The summed E-state index contributed by atoms with van der Waals surface area (Å²) in [5, 5.41) is 4.57. The molecular formula is C27H33N5O2Si. The summed E-state index contributed by atoms with van der Waals surface area (Å²) in [6.07, 6.45) is 9.32. The minimum absolute atomic E-state index is 0.692. The largest absolute Gasteiger partial charge is 0.497 e. The van der Waals surface area contributed by atoms with Gasteiger partial charge in [-0.15, -0.1) is 0 Å². The molecule has 0 N–H and O–H groups in total. The molecule has 1 aliphatic rings. The van der Waals surface area contributed by atoms with Crippen LogP contribution in [0.5, 0.6) is 11.5 Å². The van der Waals surface area contributed by atoms with Crippen molar-refractivity contribution in [2.24, 2.45) is 5.92 Å². The molecule has 0 unspecified atom stereocenters. The zero-order valence-corrected chi connectivity index (χ0v) is 22.2. The Bertz CT molecular complexity index is 1320. The van der Waals surface area contributed by atoms with E-state index in [0.29, 0.717) is 5.92 Å². The predicted octanol–water partition coefficient (Wildman–Crippen LogP) is 5.94. The van der Waals surface area contributed by atoms with E-state index in [4.69, 9.17) is 19.4 Å². The van der Waals surface area contributed by atoms with E-state index in [1.807, 2.05) is 29.2 Å². The molecule has 0 amide bonds. The standard InChI is InChI=1S/C27H33N5O2Si/c1-33-23-10-22(11-24(13-23)34-2)32(16-19-6-7-19)21-8-9-25-26(12-21)30-27(15-28-25)20-14-29-31(17-20)18-35(3,4)5/h8-15,17,19H,6-7,16,18H2,1-5H3. The maximum absolute atomic E-state index is 5.54. The molecule has 0 radical (unpaired) electrons. The lowest BCUT2D eigenvalue weighted by Crippen LogP contribution is -2.28. The number of methoxy groups -OCH3 is 2. The molecule has 4 aromatic rings. The van der Waals surface area contributed by atoms with Gasteiger partial charge in [-0.1, -0.05) is 19.6 Å². The van der Waals surface area contributed by atoms with Crippen molar-refractivity contribution in [2.75, 3.05) is 25.7 Å². The van der Waals surface area contributed by atoms with Crippen LogP contribution in [0.4, 0.5) is 11.4 Å². The highest BCUT2D eigenvalue weighted by atomic mass is 28.3. The molecule has 0 saturated heterocycles. The Kier molecular flexibility index (Phi) is 6.23. The quantitative estimate of drug-likeness (QED) is 0.272. The molecule has 0 spiro atoms. The molecule has 0 bridgehead atoms. The number of anilines is 2. The lowest BCUT2D eigenvalue weighted by molar-refractivity contribution is 0.394. The van der Waals surface area contributed by atoms with Gasteiger partial charge in [-0.2, -0.15) is 5.10 Å². The molecule has 2 aromatic heterocycles. The monoisotopic (exact) mass is 487 g/mol. The van der Waals surface area contributed by atoms with E-state index >= 15 is 0 Å². The molecule has 1 aliphatic carbocycles. The highest BCUT2D eigenvalue weighted by Gasteiger charge is 2.26. The maximum atomic E-state index is 5.54. The van der Waals surface area contributed by atoms with Crippen LogP contribution in [0.2, 0.25) is 19.6 Å². The van der Waals surface area contributed by atoms with Gasteiger partial charge in [-0.25, -0.2) is 4.98 Å². The normalized spacial score (nSPS) is 13.7. The Hall–Kier alpha value is -3.39. The Labute approximate surface area is 207 Å². The fourth-order valence-electron chi connectivity index (χ4n) is 4.24. The number of hydrogen-bond acceptors (Lipinski definition) is 6. The van der Waals surface area contributed by atoms with E-state index in [1.54, 1.807) is 14.2 Å². The number of fused-ring (bicyclic) bond motifs is 1. The molecule has 7 nitrogen and oxygen atoms in total. The third-order valence-corrected chi connectivity index (χ3v) is 7.46. The fraction of sp³-hybridized carbons (Fsp3) is 0.370. The van der Waals surface area contributed by atoms with Crippen LogP contribution in [0, 0.1) is 5.92 Å². The topological polar surface area (TPSA) is 65.3 Å². The van der Waals surface area contributed by atoms with Crippen LogP contribution in [0.1, 0.15) is 12.8 Å². The van der Waals surface area contributed by atoms with Gasteiger partial charge in [0.2, 0.25) is 0 Å². The Morgan fingerprint density at radius 2 is 1.69 bits per heavy atom. The minimum atomic E-state index is -1.26. The molecule has 2 aromatic carbocycles. The predicted molar refractivity (Wildman–Crippen MR) is 143 cm³/mol. The highest BCUT2D eigenvalue weighted by molar-refractivity contribution is 6.74. The third-order valence-electron chi connectivity index (χ3n) is 6.19. The van der Waals surface area contributed by atoms with Gasteiger partial charge in [0.1, 0.15) is 11.5 Å². The maximum Gasteiger partial charge on any atom is 0.124 e. The molecule has 0 aliphatic heterocycles. The van der Waals surface area contributed by atoms with Gasteiger partial charge in [-0.3, -0.25) is 9.67 Å². The lowest BCUT2D eigenvalue weighted by Gasteiger charge is -2.26. The van der Waals surface area contributed by atoms with E-state index in [2.05, 4.69) is 60.1 Å². The lowest BCUT2D eigenvalue weighted by atomic mass is 10.1. The van der Waals surface area contributed by atoms with Crippen LogP contribution in [-0.2, 0) is 6.17 Å². The van der Waals surface area contributed by atoms with E-state index in [1.165, 1.54) is 12.8 Å². The molecule has 0 atom stereocenters. The highest BCUT2D eigenvalue weighted by Crippen LogP contribution is 2.38. The van der Waals surface area contributed by atoms with Crippen molar-refractivity contribution >= 4 is 30.5 Å². The number of aromatic nitrogens is 4. The second-order valence-electron chi connectivity index (χ2n) is 10.5. The number of nitrogens with zero attached hydrogens (tertiary/aromatic N) is 5. The second kappa shape index (κ2) is 9.34. The molecule has 182 valence electrons. The molecular weight excluding hydrogens is 454 g/mol. The van der Waals surface area contributed by atoms with Gasteiger partial charge < -0.3 is 14.4 Å². The van der Waals surface area contributed by atoms with Crippen LogP contribution in [0.3, 0.4) is 0 Å². The fourth-order valence-corrected chi connectivity index (χ4v) is 5.39. The van der Waals surface area contributed by atoms with Crippen molar-refractivity contribution in [1.29, 1.82) is 0 Å². The zero-order chi connectivity index (χ0) is 24.6. The first-order valence-corrected chi connectivity index (χ1v) is 15.8. The van der Waals surface area contributed by atoms with Crippen molar-refractivity contribution < 1.29 is 9.47 Å². The number of ether oxygens (including phenoxy) is 2. The summed E-state index contributed by atoms with van der Waals surface area (Å²) in [5.74, 6) is 2.24. The average Bonchev–Trinajstić information content (AvgIpc) is 3.56. The summed E-state index contributed by atoms with van der Waals surface area (Å²) in [5.41, 5.74) is 5.71. The number of hydrogen-bond donors (Lipinski definition) is 0. The molecule has 2 heterocycles. The van der Waals surface area contributed by atoms with E-state index < -0.39 is 8.07 Å². The third kappa shape index (κ3) is 5.48. The van der Waals surface area contributed by atoms with Crippen molar-refractivity contribution in [2.45, 2.75) is 38.7 Å². The molecule has 1 fully saturated rings. The van der Waals surface area contributed by atoms with Crippen molar-refractivity contribution in [1.82, 2.24) is 19.7 Å². The summed E-state index contributed by atoms with van der Waals surface area (Å²) in [7, 11) is 2.10. The Balaban J connectivity index is 1.51. The average molecular weight is 488 g/mol. The second-order valence-corrected chi connectivity index (χ2v) is 16.0. The molecule has 1 saturated carbocycles. The van der Waals surface area contributed by atoms with Gasteiger partial charge in [0, 0.05) is 54.0 Å². The van der Waals surface area contributed by atoms with E-state index in [0.717, 1.165) is 57.9 Å². The summed E-state index contributed by atoms with van der Waals surface area (Å²) in [6.45, 7) is 7.98. The van der Waals surface area contributed by atoms with Crippen molar-refractivity contribution in [3.8, 4) is 22.8 Å². The summed E-state index contributed by atoms with van der Waals surface area (Å²) >= 11 is 0. The van der Waals surface area contributed by atoms with Gasteiger partial charge >= 0.3 is 0 Å². The van der Waals surface area contributed by atoms with E-state index in [9.17, 15) is 0 Å². The van der Waals surface area contributed by atoms with Crippen LogP contribution in [-0.4, -0.2) is 48.6 Å². The van der Waals surface area contributed by atoms with Crippen LogP contribution in [0.25, 0.3) is 22.3 Å². The number of benzene rings is 2. The van der Waals surface area contributed by atoms with Gasteiger partial charge in [-0.05, 0) is 37.0 Å². The zero-order valence-electron chi connectivity index (χ0n) is 21.2. The number of rotatable bonds is 9. The van der Waals surface area contributed by atoms with Gasteiger partial charge in [0.25, 0.3) is 0 Å². The van der Waals surface area contributed by atoms with E-state index in [-0.39, 0.29) is 0 Å². The Morgan fingerprint density at radius 1 is 0.943 bits per heavy atom. The minimum Gasteiger partial charge on any atom is -0.497 e. The van der Waals surface area contributed by atoms with Crippen molar-refractivity contribution in [3.63, 3.8) is 0 Å². The Morgan fingerprint density at radius 3 is 2.34 bits per heavy atom. The summed E-state index contributed by atoms with van der Waals surface area (Å²) in [4.78, 5) is 12.0. The molecule has 5 rings (SSSR count). The SMILES string of the molecule is COc1cc(OC)cc(N(CC2CC2)c2ccc3ncc(-c4cnn(C[Si](C)(C)C)c4)nc3c2)c1. The first-order valence-electron chi connectivity index (χ1n) is 12.1. The van der Waals surface area contributed by atoms with Crippen LogP contribution < -0.4 is 14.4 Å². The van der Waals surface area contributed by atoms with Gasteiger partial charge in [0.05, 0.1) is 51.4 Å². The molecule has 35 heavy (non-hydrogen) atoms. The summed E-state index contributed by atoms with van der Waals surface area (Å²) in [6, 6.07) is 12.3.